The maximum Gasteiger partial charge on any atom is 0.301 e. The number of rotatable bonds is 1. The Morgan fingerprint density at radius 3 is 3.08 bits per heavy atom. The Hall–Kier alpha value is -1.86. The molecule has 0 fully saturated rings. The fourth-order valence-electron chi connectivity index (χ4n) is 1.12. The van der Waals surface area contributed by atoms with Gasteiger partial charge in [-0.15, -0.1) is 0 Å². The number of aromatic nitrogens is 1. The summed E-state index contributed by atoms with van der Waals surface area (Å²) in [6.45, 7) is -0.0431. The molecule has 0 aliphatic heterocycles. The normalized spacial score (nSPS) is 10.2. The average molecular weight is 174 g/mol. The van der Waals surface area contributed by atoms with Crippen LogP contribution in [0.2, 0.25) is 0 Å². The SMILES string of the molecule is N#Cc1nc2ccc(CO)cc2o1. The van der Waals surface area contributed by atoms with E-state index in [1.54, 1.807) is 18.2 Å². The molecule has 0 spiro atoms. The van der Waals surface area contributed by atoms with Crippen LogP contribution in [0, 0.1) is 11.3 Å². The monoisotopic (exact) mass is 174 g/mol. The number of hydrogen-bond acceptors (Lipinski definition) is 4. The highest BCUT2D eigenvalue weighted by atomic mass is 16.3. The van der Waals surface area contributed by atoms with Gasteiger partial charge in [-0.05, 0) is 17.7 Å². The van der Waals surface area contributed by atoms with Crippen LogP contribution in [0.1, 0.15) is 11.5 Å². The third-order valence-electron chi connectivity index (χ3n) is 1.73. The molecule has 0 aliphatic rings. The second kappa shape index (κ2) is 2.88. The van der Waals surface area contributed by atoms with Gasteiger partial charge in [0.05, 0.1) is 6.61 Å². The van der Waals surface area contributed by atoms with Gasteiger partial charge in [-0.2, -0.15) is 10.2 Å². The number of benzene rings is 1. The quantitative estimate of drug-likeness (QED) is 0.704. The van der Waals surface area contributed by atoms with Crippen molar-refractivity contribution in [2.24, 2.45) is 0 Å². The fourth-order valence-corrected chi connectivity index (χ4v) is 1.12. The summed E-state index contributed by atoms with van der Waals surface area (Å²) in [5.41, 5.74) is 1.91. The van der Waals surface area contributed by atoms with Crippen LogP contribution in [0.15, 0.2) is 22.6 Å². The summed E-state index contributed by atoms with van der Waals surface area (Å²) >= 11 is 0. The minimum atomic E-state index is -0.0431. The molecular formula is C9H6N2O2. The Balaban J connectivity index is 2.65. The molecule has 1 aromatic carbocycles. The molecule has 1 aromatic heterocycles. The first-order chi connectivity index (χ1) is 6.33. The van der Waals surface area contributed by atoms with E-state index in [2.05, 4.69) is 4.98 Å². The zero-order valence-electron chi connectivity index (χ0n) is 6.69. The Morgan fingerprint density at radius 1 is 1.54 bits per heavy atom. The van der Waals surface area contributed by atoms with Crippen molar-refractivity contribution in [3.63, 3.8) is 0 Å². The van der Waals surface area contributed by atoms with Crippen LogP contribution in [0.25, 0.3) is 11.1 Å². The van der Waals surface area contributed by atoms with E-state index in [1.807, 2.05) is 6.07 Å². The van der Waals surface area contributed by atoms with Crippen molar-refractivity contribution >= 4 is 11.1 Å². The van der Waals surface area contributed by atoms with Crippen LogP contribution in [0.5, 0.6) is 0 Å². The summed E-state index contributed by atoms with van der Waals surface area (Å²) in [5.74, 6) is 0.0464. The molecule has 0 radical (unpaired) electrons. The number of hydrogen-bond donors (Lipinski definition) is 1. The molecule has 0 bridgehead atoms. The minimum Gasteiger partial charge on any atom is -0.428 e. The largest absolute Gasteiger partial charge is 0.428 e. The van der Waals surface area contributed by atoms with E-state index in [-0.39, 0.29) is 12.5 Å². The highest BCUT2D eigenvalue weighted by Gasteiger charge is 2.04. The molecule has 0 saturated carbocycles. The number of fused-ring (bicyclic) bond motifs is 1. The lowest BCUT2D eigenvalue weighted by Gasteiger charge is -1.92. The summed E-state index contributed by atoms with van der Waals surface area (Å²) in [7, 11) is 0. The molecule has 0 aliphatic carbocycles. The molecule has 0 unspecified atom stereocenters. The van der Waals surface area contributed by atoms with Crippen LogP contribution in [-0.2, 0) is 6.61 Å². The van der Waals surface area contributed by atoms with Crippen LogP contribution >= 0.6 is 0 Å². The number of nitriles is 1. The van der Waals surface area contributed by atoms with Crippen LogP contribution in [0.3, 0.4) is 0 Å². The molecule has 1 N–H and O–H groups in total. The predicted molar refractivity (Wildman–Crippen MR) is 44.6 cm³/mol. The standard InChI is InChI=1S/C9H6N2O2/c10-4-9-11-7-2-1-6(5-12)3-8(7)13-9/h1-3,12H,5H2. The predicted octanol–water partition coefficient (Wildman–Crippen LogP) is 1.19. The molecule has 2 aromatic rings. The average Bonchev–Trinajstić information content (AvgIpc) is 2.58. The Bertz CT molecular complexity index is 482. The van der Waals surface area contributed by atoms with Crippen molar-refractivity contribution in [2.75, 3.05) is 0 Å². The van der Waals surface area contributed by atoms with Gasteiger partial charge >= 0.3 is 5.89 Å². The Labute approximate surface area is 74.0 Å². The van der Waals surface area contributed by atoms with E-state index in [0.717, 1.165) is 5.56 Å². The summed E-state index contributed by atoms with van der Waals surface area (Å²) in [4.78, 5) is 3.90. The molecule has 0 saturated heterocycles. The van der Waals surface area contributed by atoms with Crippen molar-refractivity contribution in [3.8, 4) is 6.07 Å². The number of aliphatic hydroxyl groups is 1. The Morgan fingerprint density at radius 2 is 2.38 bits per heavy atom. The van der Waals surface area contributed by atoms with Crippen molar-refractivity contribution in [2.45, 2.75) is 6.61 Å². The lowest BCUT2D eigenvalue weighted by atomic mass is 10.2. The first kappa shape index (κ1) is 7.77. The summed E-state index contributed by atoms with van der Waals surface area (Å²) in [6, 6.07) is 6.94. The van der Waals surface area contributed by atoms with Crippen LogP contribution in [0.4, 0.5) is 0 Å². The first-order valence-corrected chi connectivity index (χ1v) is 3.74. The minimum absolute atomic E-state index is 0.0431. The number of oxazole rings is 1. The van der Waals surface area contributed by atoms with Gasteiger partial charge < -0.3 is 9.52 Å². The molecule has 2 rings (SSSR count). The first-order valence-electron chi connectivity index (χ1n) is 3.74. The van der Waals surface area contributed by atoms with Crippen molar-refractivity contribution in [3.05, 3.63) is 29.7 Å². The topological polar surface area (TPSA) is 70.0 Å². The van der Waals surface area contributed by atoms with E-state index >= 15 is 0 Å². The second-order valence-corrected chi connectivity index (χ2v) is 2.59. The van der Waals surface area contributed by atoms with Gasteiger partial charge in [-0.25, -0.2) is 0 Å². The molecule has 0 atom stereocenters. The zero-order valence-corrected chi connectivity index (χ0v) is 6.69. The van der Waals surface area contributed by atoms with Gasteiger partial charge in [0, 0.05) is 0 Å². The van der Waals surface area contributed by atoms with Gasteiger partial charge in [0.15, 0.2) is 11.7 Å². The van der Waals surface area contributed by atoms with E-state index < -0.39 is 0 Å². The van der Waals surface area contributed by atoms with Crippen molar-refractivity contribution < 1.29 is 9.52 Å². The number of nitrogens with zero attached hydrogens (tertiary/aromatic N) is 2. The zero-order chi connectivity index (χ0) is 9.26. The molecular weight excluding hydrogens is 168 g/mol. The Kier molecular flexibility index (Phi) is 1.72. The molecule has 0 amide bonds. The van der Waals surface area contributed by atoms with E-state index in [9.17, 15) is 0 Å². The lowest BCUT2D eigenvalue weighted by Crippen LogP contribution is -1.80. The third kappa shape index (κ3) is 1.25. The highest BCUT2D eigenvalue weighted by molar-refractivity contribution is 5.73. The molecule has 13 heavy (non-hydrogen) atoms. The van der Waals surface area contributed by atoms with E-state index in [0.29, 0.717) is 11.1 Å². The smallest absolute Gasteiger partial charge is 0.301 e. The van der Waals surface area contributed by atoms with E-state index in [1.165, 1.54) is 0 Å². The highest BCUT2D eigenvalue weighted by Crippen LogP contribution is 2.16. The third-order valence-corrected chi connectivity index (χ3v) is 1.73. The van der Waals surface area contributed by atoms with Gasteiger partial charge in [0.1, 0.15) is 5.52 Å². The van der Waals surface area contributed by atoms with Crippen LogP contribution in [-0.4, -0.2) is 10.1 Å². The van der Waals surface area contributed by atoms with Gasteiger partial charge in [0.2, 0.25) is 0 Å². The maximum absolute atomic E-state index is 8.83. The summed E-state index contributed by atoms with van der Waals surface area (Å²) < 4.78 is 5.08. The lowest BCUT2D eigenvalue weighted by molar-refractivity contribution is 0.282. The van der Waals surface area contributed by atoms with Crippen LogP contribution < -0.4 is 0 Å². The maximum atomic E-state index is 8.83. The summed E-state index contributed by atoms with van der Waals surface area (Å²) in [5, 5.41) is 17.3. The van der Waals surface area contributed by atoms with Crippen molar-refractivity contribution in [1.82, 2.24) is 4.98 Å². The van der Waals surface area contributed by atoms with Crippen molar-refractivity contribution in [1.29, 1.82) is 5.26 Å². The molecule has 4 nitrogen and oxygen atoms in total. The summed E-state index contributed by atoms with van der Waals surface area (Å²) in [6.07, 6.45) is 0. The van der Waals surface area contributed by atoms with Gasteiger partial charge in [-0.3, -0.25) is 0 Å². The molecule has 4 heteroatoms. The number of aliphatic hydroxyl groups excluding tert-OH is 1. The van der Waals surface area contributed by atoms with E-state index in [4.69, 9.17) is 14.8 Å². The van der Waals surface area contributed by atoms with Gasteiger partial charge in [-0.1, -0.05) is 6.07 Å². The second-order valence-electron chi connectivity index (χ2n) is 2.59. The molecule has 1 heterocycles. The molecule has 64 valence electrons. The fraction of sp³-hybridized carbons (Fsp3) is 0.111. The van der Waals surface area contributed by atoms with Gasteiger partial charge in [0.25, 0.3) is 0 Å².